The van der Waals surface area contributed by atoms with Crippen molar-refractivity contribution < 1.29 is 22.3 Å². The lowest BCUT2D eigenvalue weighted by molar-refractivity contribution is -0.114. The summed E-state index contributed by atoms with van der Waals surface area (Å²) >= 11 is 0. The Kier molecular flexibility index (Phi) is 5.97. The summed E-state index contributed by atoms with van der Waals surface area (Å²) in [5, 5.41) is 2.37. The third-order valence-corrected chi connectivity index (χ3v) is 4.40. The van der Waals surface area contributed by atoms with Crippen LogP contribution in [0.5, 0.6) is 5.75 Å². The van der Waals surface area contributed by atoms with Gasteiger partial charge in [-0.25, -0.2) is 12.8 Å². The normalized spacial score (nSPS) is 11.0. The molecule has 0 spiro atoms. The minimum absolute atomic E-state index is 0.0148. The first-order chi connectivity index (χ1) is 11.8. The van der Waals surface area contributed by atoms with Crippen LogP contribution in [-0.2, 0) is 14.8 Å². The minimum Gasteiger partial charge on any atom is -0.492 e. The lowest BCUT2D eigenvalue weighted by Gasteiger charge is -2.24. The van der Waals surface area contributed by atoms with E-state index in [1.54, 1.807) is 37.3 Å². The first-order valence-electron chi connectivity index (χ1n) is 7.57. The molecule has 0 aliphatic carbocycles. The highest BCUT2D eigenvalue weighted by Gasteiger charge is 2.24. The number of nitrogens with one attached hydrogen (secondary N) is 1. The summed E-state index contributed by atoms with van der Waals surface area (Å²) in [5.74, 6) is -0.924. The molecule has 0 fully saturated rings. The zero-order chi connectivity index (χ0) is 18.4. The molecule has 2 aromatic rings. The van der Waals surface area contributed by atoms with Crippen LogP contribution < -0.4 is 14.4 Å². The van der Waals surface area contributed by atoms with Crippen LogP contribution in [0.4, 0.5) is 15.8 Å². The molecule has 25 heavy (non-hydrogen) atoms. The van der Waals surface area contributed by atoms with Crippen molar-refractivity contribution in [1.82, 2.24) is 0 Å². The largest absolute Gasteiger partial charge is 0.492 e. The smallest absolute Gasteiger partial charge is 0.245 e. The number of anilines is 2. The number of hydrogen-bond donors (Lipinski definition) is 1. The average Bonchev–Trinajstić information content (AvgIpc) is 2.55. The van der Waals surface area contributed by atoms with E-state index in [0.29, 0.717) is 12.4 Å². The number of hydrogen-bond acceptors (Lipinski definition) is 4. The molecule has 0 saturated heterocycles. The first-order valence-corrected chi connectivity index (χ1v) is 9.41. The van der Waals surface area contributed by atoms with E-state index in [4.69, 9.17) is 4.74 Å². The first kappa shape index (κ1) is 18.7. The standard InChI is InChI=1S/C17H19FN2O4S/c1-3-24-16-11-7-6-10-15(16)20(25(2,22)23)12-17(21)19-14-9-5-4-8-13(14)18/h4-11H,3,12H2,1-2H3,(H,19,21). The van der Waals surface area contributed by atoms with Gasteiger partial charge in [0.2, 0.25) is 15.9 Å². The summed E-state index contributed by atoms with van der Waals surface area (Å²) in [7, 11) is -3.76. The van der Waals surface area contributed by atoms with Gasteiger partial charge in [-0.15, -0.1) is 0 Å². The van der Waals surface area contributed by atoms with Crippen molar-refractivity contribution in [3.63, 3.8) is 0 Å². The van der Waals surface area contributed by atoms with Crippen LogP contribution in [0, 0.1) is 5.82 Å². The fraction of sp³-hybridized carbons (Fsp3) is 0.235. The summed E-state index contributed by atoms with van der Waals surface area (Å²) in [4.78, 5) is 12.2. The van der Waals surface area contributed by atoms with Gasteiger partial charge in [0.25, 0.3) is 0 Å². The molecule has 0 radical (unpaired) electrons. The second-order valence-electron chi connectivity index (χ2n) is 5.20. The second-order valence-corrected chi connectivity index (χ2v) is 7.11. The van der Waals surface area contributed by atoms with E-state index in [1.807, 2.05) is 0 Å². The van der Waals surface area contributed by atoms with E-state index in [2.05, 4.69) is 5.32 Å². The minimum atomic E-state index is -3.76. The van der Waals surface area contributed by atoms with Crippen LogP contribution in [0.3, 0.4) is 0 Å². The van der Waals surface area contributed by atoms with E-state index in [9.17, 15) is 17.6 Å². The summed E-state index contributed by atoms with van der Waals surface area (Å²) in [6, 6.07) is 12.2. The molecule has 6 nitrogen and oxygen atoms in total. The molecule has 1 N–H and O–H groups in total. The number of amides is 1. The maximum absolute atomic E-state index is 13.6. The molecular weight excluding hydrogens is 347 g/mol. The van der Waals surface area contributed by atoms with Gasteiger partial charge < -0.3 is 10.1 Å². The van der Waals surface area contributed by atoms with Crippen molar-refractivity contribution in [2.24, 2.45) is 0 Å². The summed E-state index contributed by atoms with van der Waals surface area (Å²) < 4.78 is 44.3. The van der Waals surface area contributed by atoms with E-state index < -0.39 is 28.3 Å². The number of sulfonamides is 1. The van der Waals surface area contributed by atoms with Crippen molar-refractivity contribution in [2.45, 2.75) is 6.92 Å². The van der Waals surface area contributed by atoms with Crippen LogP contribution in [0.1, 0.15) is 6.92 Å². The highest BCUT2D eigenvalue weighted by atomic mass is 32.2. The number of rotatable bonds is 7. The van der Waals surface area contributed by atoms with Crippen LogP contribution in [-0.4, -0.2) is 33.7 Å². The average molecular weight is 366 g/mol. The fourth-order valence-electron chi connectivity index (χ4n) is 2.20. The Hall–Kier alpha value is -2.61. The monoisotopic (exact) mass is 366 g/mol. The summed E-state index contributed by atoms with van der Waals surface area (Å²) in [5.41, 5.74) is 0.231. The molecule has 0 heterocycles. The van der Waals surface area contributed by atoms with Gasteiger partial charge in [0, 0.05) is 0 Å². The zero-order valence-corrected chi connectivity index (χ0v) is 14.7. The Morgan fingerprint density at radius 1 is 1.16 bits per heavy atom. The van der Waals surface area contributed by atoms with E-state index in [1.165, 1.54) is 18.2 Å². The Morgan fingerprint density at radius 2 is 1.80 bits per heavy atom. The Balaban J connectivity index is 2.28. The van der Waals surface area contributed by atoms with Gasteiger partial charge in [-0.3, -0.25) is 9.10 Å². The molecule has 0 atom stereocenters. The van der Waals surface area contributed by atoms with Crippen molar-refractivity contribution in [3.05, 3.63) is 54.3 Å². The van der Waals surface area contributed by atoms with Crippen molar-refractivity contribution in [3.8, 4) is 5.75 Å². The van der Waals surface area contributed by atoms with Gasteiger partial charge in [0.15, 0.2) is 0 Å². The topological polar surface area (TPSA) is 75.7 Å². The Morgan fingerprint density at radius 3 is 2.44 bits per heavy atom. The van der Waals surface area contributed by atoms with Crippen LogP contribution in [0.2, 0.25) is 0 Å². The summed E-state index contributed by atoms with van der Waals surface area (Å²) in [6.45, 7) is 1.61. The van der Waals surface area contributed by atoms with Crippen LogP contribution in [0.25, 0.3) is 0 Å². The van der Waals surface area contributed by atoms with Crippen LogP contribution in [0.15, 0.2) is 48.5 Å². The molecule has 0 bridgehead atoms. The third-order valence-electron chi connectivity index (χ3n) is 3.27. The molecule has 0 unspecified atom stereocenters. The maximum Gasteiger partial charge on any atom is 0.245 e. The Bertz CT molecular complexity index is 855. The second kappa shape index (κ2) is 7.98. The van der Waals surface area contributed by atoms with Gasteiger partial charge in [-0.05, 0) is 31.2 Å². The fourth-order valence-corrected chi connectivity index (χ4v) is 3.06. The molecule has 2 rings (SSSR count). The lowest BCUT2D eigenvalue weighted by atomic mass is 10.3. The molecule has 0 aliphatic heterocycles. The number of halogens is 1. The maximum atomic E-state index is 13.6. The molecule has 0 aliphatic rings. The van der Waals surface area contributed by atoms with E-state index in [-0.39, 0.29) is 11.4 Å². The molecule has 0 aromatic heterocycles. The molecule has 1 amide bonds. The van der Waals surface area contributed by atoms with Crippen molar-refractivity contribution in [1.29, 1.82) is 0 Å². The highest BCUT2D eigenvalue weighted by molar-refractivity contribution is 7.92. The molecule has 8 heteroatoms. The van der Waals surface area contributed by atoms with Crippen molar-refractivity contribution >= 4 is 27.3 Å². The van der Waals surface area contributed by atoms with E-state index in [0.717, 1.165) is 10.6 Å². The van der Waals surface area contributed by atoms with Crippen LogP contribution >= 0.6 is 0 Å². The van der Waals surface area contributed by atoms with Gasteiger partial charge in [0.1, 0.15) is 18.1 Å². The predicted molar refractivity (Wildman–Crippen MR) is 94.8 cm³/mol. The number of carbonyl (C=O) groups excluding carboxylic acids is 1. The molecule has 134 valence electrons. The zero-order valence-electron chi connectivity index (χ0n) is 13.9. The van der Waals surface area contributed by atoms with Gasteiger partial charge in [-0.2, -0.15) is 0 Å². The van der Waals surface area contributed by atoms with Gasteiger partial charge in [0.05, 0.1) is 24.2 Å². The van der Waals surface area contributed by atoms with E-state index >= 15 is 0 Å². The lowest BCUT2D eigenvalue weighted by Crippen LogP contribution is -2.37. The van der Waals surface area contributed by atoms with Crippen molar-refractivity contribution in [2.75, 3.05) is 29.0 Å². The number of para-hydroxylation sites is 3. The summed E-state index contributed by atoms with van der Waals surface area (Å²) in [6.07, 6.45) is 0.992. The number of nitrogens with zero attached hydrogens (tertiary/aromatic N) is 1. The number of carbonyl (C=O) groups is 1. The van der Waals surface area contributed by atoms with Gasteiger partial charge in [-0.1, -0.05) is 24.3 Å². The number of ether oxygens (including phenoxy) is 1. The molecule has 0 saturated carbocycles. The predicted octanol–water partition coefficient (Wildman–Crippen LogP) is 2.63. The Labute approximate surface area is 146 Å². The SMILES string of the molecule is CCOc1ccccc1N(CC(=O)Nc1ccccc1F)S(C)(=O)=O. The highest BCUT2D eigenvalue weighted by Crippen LogP contribution is 2.29. The number of benzene rings is 2. The molecular formula is C17H19FN2O4S. The molecule has 2 aromatic carbocycles. The quantitative estimate of drug-likeness (QED) is 0.817. The third kappa shape index (κ3) is 4.93. The van der Waals surface area contributed by atoms with Gasteiger partial charge >= 0.3 is 0 Å².